The van der Waals surface area contributed by atoms with Crippen LogP contribution in [0.25, 0.3) is 0 Å². The van der Waals surface area contributed by atoms with Gasteiger partial charge in [0.05, 0.1) is 7.11 Å². The lowest BCUT2D eigenvalue weighted by atomic mass is 10.1. The Morgan fingerprint density at radius 3 is 2.12 bits per heavy atom. The molecule has 10 nitrogen and oxygen atoms in total. The van der Waals surface area contributed by atoms with Gasteiger partial charge in [-0.3, -0.25) is 9.69 Å². The van der Waals surface area contributed by atoms with E-state index in [1.54, 1.807) is 12.1 Å². The molecular weight excluding hydrogens is 544 g/mol. The molecule has 0 spiro atoms. The molecular formula is C33H38N6O4. The van der Waals surface area contributed by atoms with Gasteiger partial charge in [-0.05, 0) is 75.2 Å². The van der Waals surface area contributed by atoms with E-state index in [0.717, 1.165) is 48.7 Å². The highest BCUT2D eigenvalue weighted by atomic mass is 17.2. The maximum Gasteiger partial charge on any atom is 0.277 e. The summed E-state index contributed by atoms with van der Waals surface area (Å²) in [5, 5.41) is 6.19. The van der Waals surface area contributed by atoms with Gasteiger partial charge in [0.25, 0.3) is 11.8 Å². The molecule has 224 valence electrons. The Morgan fingerprint density at radius 2 is 1.49 bits per heavy atom. The largest absolute Gasteiger partial charge is 0.438 e. The highest BCUT2D eigenvalue weighted by Crippen LogP contribution is 2.33. The van der Waals surface area contributed by atoms with Crippen molar-refractivity contribution in [2.24, 2.45) is 0 Å². The number of hydrogen-bond donors (Lipinski definition) is 2. The second kappa shape index (κ2) is 13.5. The van der Waals surface area contributed by atoms with Crippen LogP contribution in [0.1, 0.15) is 35.3 Å². The summed E-state index contributed by atoms with van der Waals surface area (Å²) in [5.74, 6) is 0.107. The van der Waals surface area contributed by atoms with Crippen molar-refractivity contribution in [1.82, 2.24) is 14.9 Å². The normalized spacial score (nSPS) is 13.6. The Kier molecular flexibility index (Phi) is 9.38. The number of hydrogen-bond acceptors (Lipinski definition) is 9. The number of rotatable bonds is 10. The lowest BCUT2D eigenvalue weighted by Gasteiger charge is -2.38. The van der Waals surface area contributed by atoms with Crippen molar-refractivity contribution in [2.45, 2.75) is 33.7 Å². The number of para-hydroxylation sites is 2. The van der Waals surface area contributed by atoms with E-state index in [2.05, 4.69) is 56.4 Å². The Hall–Kier alpha value is -4.67. The van der Waals surface area contributed by atoms with Gasteiger partial charge in [-0.1, -0.05) is 36.4 Å². The lowest BCUT2D eigenvalue weighted by molar-refractivity contribution is -0.181. The van der Waals surface area contributed by atoms with Gasteiger partial charge in [-0.15, -0.1) is 0 Å². The smallest absolute Gasteiger partial charge is 0.277 e. The van der Waals surface area contributed by atoms with Crippen LogP contribution in [0.2, 0.25) is 0 Å². The van der Waals surface area contributed by atoms with E-state index < -0.39 is 5.91 Å². The fourth-order valence-electron chi connectivity index (χ4n) is 5.05. The predicted octanol–water partition coefficient (Wildman–Crippen LogP) is 6.35. The van der Waals surface area contributed by atoms with Gasteiger partial charge < -0.3 is 25.2 Å². The maximum atomic E-state index is 13.7. The van der Waals surface area contributed by atoms with Crippen LogP contribution in [0.3, 0.4) is 0 Å². The topological polar surface area (TPSA) is 101 Å². The molecule has 0 unspecified atom stereocenters. The molecule has 1 amide bonds. The number of carbonyl (C=O) groups excluding carboxylic acids is 1. The van der Waals surface area contributed by atoms with Crippen molar-refractivity contribution < 1.29 is 19.3 Å². The second-order valence-corrected chi connectivity index (χ2v) is 10.7. The Labute approximate surface area is 252 Å². The quantitative estimate of drug-likeness (QED) is 0.164. The third-order valence-corrected chi connectivity index (χ3v) is 7.44. The zero-order valence-electron chi connectivity index (χ0n) is 25.3. The van der Waals surface area contributed by atoms with Crippen LogP contribution >= 0.6 is 0 Å². The van der Waals surface area contributed by atoms with E-state index in [9.17, 15) is 4.79 Å². The number of aromatic nitrogens is 2. The van der Waals surface area contributed by atoms with E-state index in [0.29, 0.717) is 17.5 Å². The van der Waals surface area contributed by atoms with Crippen LogP contribution in [0.4, 0.5) is 23.0 Å². The molecule has 10 heteroatoms. The van der Waals surface area contributed by atoms with E-state index >= 15 is 0 Å². The molecule has 0 radical (unpaired) electrons. The fourth-order valence-corrected chi connectivity index (χ4v) is 5.05. The molecule has 0 bridgehead atoms. The van der Waals surface area contributed by atoms with Crippen LogP contribution in [-0.2, 0) is 4.89 Å². The van der Waals surface area contributed by atoms with Gasteiger partial charge in [0.2, 0.25) is 11.8 Å². The average molecular weight is 583 g/mol. The number of nitrogens with one attached hydrogen (secondary N) is 2. The van der Waals surface area contributed by atoms with Crippen molar-refractivity contribution in [1.29, 1.82) is 0 Å². The molecule has 1 saturated heterocycles. The summed E-state index contributed by atoms with van der Waals surface area (Å²) < 4.78 is 6.12. The van der Waals surface area contributed by atoms with Gasteiger partial charge in [-0.25, -0.2) is 0 Å². The van der Waals surface area contributed by atoms with Gasteiger partial charge in [0.1, 0.15) is 5.75 Å². The molecule has 0 aliphatic carbocycles. The zero-order valence-corrected chi connectivity index (χ0v) is 25.3. The third-order valence-electron chi connectivity index (χ3n) is 7.44. The van der Waals surface area contributed by atoms with Crippen molar-refractivity contribution >= 4 is 28.9 Å². The molecule has 1 fully saturated rings. The summed E-state index contributed by atoms with van der Waals surface area (Å²) >= 11 is 0. The van der Waals surface area contributed by atoms with Crippen molar-refractivity contribution in [3.05, 3.63) is 89.5 Å². The van der Waals surface area contributed by atoms with E-state index in [-0.39, 0.29) is 23.3 Å². The molecule has 4 aromatic rings. The Balaban J connectivity index is 1.43. The summed E-state index contributed by atoms with van der Waals surface area (Å²) in [4.78, 5) is 38.0. The van der Waals surface area contributed by atoms with Gasteiger partial charge in [-0.2, -0.15) is 14.9 Å². The first kappa shape index (κ1) is 29.8. The highest BCUT2D eigenvalue weighted by Gasteiger charge is 2.27. The number of aryl methyl sites for hydroxylation is 2. The number of nitrogens with zero attached hydrogens (tertiary/aromatic N) is 4. The molecule has 0 saturated carbocycles. The lowest BCUT2D eigenvalue weighted by Crippen LogP contribution is -2.48. The second-order valence-electron chi connectivity index (χ2n) is 10.7. The molecule has 5 rings (SSSR count). The number of piperazine rings is 1. The summed E-state index contributed by atoms with van der Waals surface area (Å²) in [6.45, 7) is 12.4. The predicted molar refractivity (Wildman–Crippen MR) is 169 cm³/mol. The van der Waals surface area contributed by atoms with Gasteiger partial charge in [0, 0.05) is 49.3 Å². The van der Waals surface area contributed by atoms with Crippen molar-refractivity contribution in [2.75, 3.05) is 48.8 Å². The van der Waals surface area contributed by atoms with Crippen molar-refractivity contribution in [3.8, 4) is 17.5 Å². The monoisotopic (exact) mass is 582 g/mol. The standard InChI is InChI=1S/C33H38N6O4/c1-22(2)38-18-20-39(21-19-38)26-16-14-25(15-17-26)34-33-36-31(42-27-12-7-6-8-13-27)28(32(37-33)43-41-5)30(40)35-29-23(3)10-9-11-24(29)4/h6-17,22H,18-21H2,1-5H3,(H,35,40)(H,34,36,37). The average Bonchev–Trinajstić information content (AvgIpc) is 3.00. The van der Waals surface area contributed by atoms with Gasteiger partial charge >= 0.3 is 0 Å². The van der Waals surface area contributed by atoms with E-state index in [1.807, 2.05) is 62.4 Å². The number of ether oxygens (including phenoxy) is 1. The molecule has 1 aromatic heterocycles. The minimum absolute atomic E-state index is 0.00482. The minimum Gasteiger partial charge on any atom is -0.438 e. The van der Waals surface area contributed by atoms with Crippen LogP contribution in [0.15, 0.2) is 72.8 Å². The molecule has 1 aliphatic heterocycles. The molecule has 2 N–H and O–H groups in total. The summed E-state index contributed by atoms with van der Waals surface area (Å²) in [5.41, 5.74) is 4.44. The number of benzene rings is 3. The van der Waals surface area contributed by atoms with Crippen LogP contribution < -0.4 is 25.2 Å². The molecule has 43 heavy (non-hydrogen) atoms. The third kappa shape index (κ3) is 7.22. The minimum atomic E-state index is -0.496. The zero-order chi connectivity index (χ0) is 30.3. The van der Waals surface area contributed by atoms with Crippen LogP contribution in [-0.4, -0.2) is 60.1 Å². The van der Waals surface area contributed by atoms with E-state index in [4.69, 9.17) is 14.5 Å². The maximum absolute atomic E-state index is 13.7. The molecule has 0 atom stereocenters. The van der Waals surface area contributed by atoms with Crippen LogP contribution in [0, 0.1) is 13.8 Å². The summed E-state index contributed by atoms with van der Waals surface area (Å²) in [7, 11) is 1.35. The summed E-state index contributed by atoms with van der Waals surface area (Å²) in [6, 6.07) is 23.6. The Morgan fingerprint density at radius 1 is 0.837 bits per heavy atom. The van der Waals surface area contributed by atoms with Crippen molar-refractivity contribution in [3.63, 3.8) is 0 Å². The highest BCUT2D eigenvalue weighted by molar-refractivity contribution is 6.08. The van der Waals surface area contributed by atoms with E-state index in [1.165, 1.54) is 7.11 Å². The first-order valence-corrected chi connectivity index (χ1v) is 14.4. The summed E-state index contributed by atoms with van der Waals surface area (Å²) in [6.07, 6.45) is 0. The number of amides is 1. The van der Waals surface area contributed by atoms with Gasteiger partial charge in [0.15, 0.2) is 5.56 Å². The molecule has 3 aromatic carbocycles. The number of anilines is 4. The first-order chi connectivity index (χ1) is 20.8. The SMILES string of the molecule is COOc1nc(Nc2ccc(N3CCN(C(C)C)CC3)cc2)nc(Oc2ccccc2)c1C(=O)Nc1c(C)cccc1C. The first-order valence-electron chi connectivity index (χ1n) is 14.4. The fraction of sp³-hybridized carbons (Fsp3) is 0.303. The molecule has 2 heterocycles. The molecule has 1 aliphatic rings. The number of carbonyl (C=O) groups is 1. The Bertz CT molecular complexity index is 1520. The van der Waals surface area contributed by atoms with Crippen LogP contribution in [0.5, 0.6) is 17.5 Å².